The van der Waals surface area contributed by atoms with E-state index in [9.17, 15) is 0 Å². The van der Waals surface area contributed by atoms with E-state index in [2.05, 4.69) is 4.98 Å². The van der Waals surface area contributed by atoms with Gasteiger partial charge in [0.15, 0.2) is 0 Å². The molecule has 1 aromatic heterocycles. The number of nitrogens with two attached hydrogens (primary N) is 1. The van der Waals surface area contributed by atoms with Crippen molar-refractivity contribution < 1.29 is 4.74 Å². The topological polar surface area (TPSA) is 48.1 Å². The zero-order valence-corrected chi connectivity index (χ0v) is 7.99. The molecular weight excluding hydrogens is 164 g/mol. The Morgan fingerprint density at radius 3 is 3.00 bits per heavy atom. The molecule has 0 aliphatic carbocycles. The Bertz CT molecular complexity index is 250. The fourth-order valence-electron chi connectivity index (χ4n) is 1.23. The minimum Gasteiger partial charge on any atom is -0.495 e. The molecule has 3 heteroatoms. The maximum Gasteiger partial charge on any atom is 0.140 e. The minimum absolute atomic E-state index is 0.745. The number of rotatable bonds is 5. The number of unbranched alkanes of at least 4 members (excludes halogenated alkanes) is 1. The lowest BCUT2D eigenvalue weighted by Crippen LogP contribution is -2.01. The molecule has 0 aliphatic heterocycles. The van der Waals surface area contributed by atoms with E-state index in [0.717, 1.165) is 37.3 Å². The van der Waals surface area contributed by atoms with Crippen LogP contribution in [0.1, 0.15) is 18.5 Å². The Kier molecular flexibility index (Phi) is 4.26. The number of hydrogen-bond acceptors (Lipinski definition) is 3. The van der Waals surface area contributed by atoms with E-state index in [4.69, 9.17) is 10.5 Å². The Balaban J connectivity index is 2.54. The third-order valence-corrected chi connectivity index (χ3v) is 1.94. The van der Waals surface area contributed by atoms with Gasteiger partial charge in [-0.25, -0.2) is 0 Å². The van der Waals surface area contributed by atoms with E-state index in [1.54, 1.807) is 13.3 Å². The van der Waals surface area contributed by atoms with Gasteiger partial charge in [0.2, 0.25) is 0 Å². The molecule has 0 aliphatic rings. The Labute approximate surface area is 78.9 Å². The highest BCUT2D eigenvalue weighted by molar-refractivity contribution is 5.26. The molecule has 0 radical (unpaired) electrons. The number of aromatic nitrogens is 1. The molecular formula is C10H16N2O. The number of hydrogen-bond donors (Lipinski definition) is 1. The second kappa shape index (κ2) is 5.54. The van der Waals surface area contributed by atoms with Crippen molar-refractivity contribution in [1.29, 1.82) is 0 Å². The van der Waals surface area contributed by atoms with Crippen LogP contribution in [0.4, 0.5) is 0 Å². The molecule has 1 heterocycles. The van der Waals surface area contributed by atoms with Gasteiger partial charge in [0.1, 0.15) is 5.75 Å². The third kappa shape index (κ3) is 3.03. The van der Waals surface area contributed by atoms with E-state index in [1.165, 1.54) is 0 Å². The first kappa shape index (κ1) is 9.99. The van der Waals surface area contributed by atoms with Gasteiger partial charge in [0, 0.05) is 6.20 Å². The summed E-state index contributed by atoms with van der Waals surface area (Å²) in [7, 11) is 1.67. The molecule has 72 valence electrons. The van der Waals surface area contributed by atoms with Crippen LogP contribution in [-0.4, -0.2) is 18.6 Å². The van der Waals surface area contributed by atoms with Gasteiger partial charge in [-0.05, 0) is 37.9 Å². The van der Waals surface area contributed by atoms with Gasteiger partial charge in [0.25, 0.3) is 0 Å². The molecule has 0 unspecified atom stereocenters. The molecule has 2 N–H and O–H groups in total. The van der Waals surface area contributed by atoms with Crippen LogP contribution in [0.3, 0.4) is 0 Å². The summed E-state index contributed by atoms with van der Waals surface area (Å²) in [5, 5.41) is 0. The maximum atomic E-state index is 5.41. The van der Waals surface area contributed by atoms with Crippen LogP contribution in [0.25, 0.3) is 0 Å². The fourth-order valence-corrected chi connectivity index (χ4v) is 1.23. The van der Waals surface area contributed by atoms with Crippen LogP contribution in [0, 0.1) is 0 Å². The van der Waals surface area contributed by atoms with Crippen molar-refractivity contribution in [3.05, 3.63) is 24.0 Å². The number of pyridine rings is 1. The normalized spacial score (nSPS) is 10.0. The monoisotopic (exact) mass is 180 g/mol. The first-order valence-electron chi connectivity index (χ1n) is 4.56. The van der Waals surface area contributed by atoms with Crippen molar-refractivity contribution in [2.45, 2.75) is 19.3 Å². The SMILES string of the molecule is COc1cccnc1CCCCN. The smallest absolute Gasteiger partial charge is 0.140 e. The summed E-state index contributed by atoms with van der Waals surface area (Å²) in [6.07, 6.45) is 4.85. The Hall–Kier alpha value is -1.09. The molecule has 1 aromatic rings. The van der Waals surface area contributed by atoms with E-state index >= 15 is 0 Å². The number of methoxy groups -OCH3 is 1. The molecule has 0 saturated carbocycles. The largest absolute Gasteiger partial charge is 0.495 e. The summed E-state index contributed by atoms with van der Waals surface area (Å²) < 4.78 is 5.18. The molecule has 0 spiro atoms. The average molecular weight is 180 g/mol. The molecule has 0 fully saturated rings. The predicted octanol–water partition coefficient (Wildman–Crippen LogP) is 1.37. The first-order chi connectivity index (χ1) is 6.38. The standard InChI is InChI=1S/C10H16N2O/c1-13-10-6-4-8-12-9(10)5-2-3-7-11/h4,6,8H,2-3,5,7,11H2,1H3. The number of nitrogens with zero attached hydrogens (tertiary/aromatic N) is 1. The summed E-state index contributed by atoms with van der Waals surface area (Å²) in [6.45, 7) is 0.745. The lowest BCUT2D eigenvalue weighted by molar-refractivity contribution is 0.406. The van der Waals surface area contributed by atoms with Gasteiger partial charge < -0.3 is 10.5 Å². The molecule has 0 bridgehead atoms. The van der Waals surface area contributed by atoms with Gasteiger partial charge in [-0.2, -0.15) is 0 Å². The van der Waals surface area contributed by atoms with Crippen molar-refractivity contribution in [2.75, 3.05) is 13.7 Å². The second-order valence-electron chi connectivity index (χ2n) is 2.90. The van der Waals surface area contributed by atoms with Crippen molar-refractivity contribution >= 4 is 0 Å². The van der Waals surface area contributed by atoms with Crippen molar-refractivity contribution in [2.24, 2.45) is 5.73 Å². The zero-order chi connectivity index (χ0) is 9.52. The summed E-state index contributed by atoms with van der Waals surface area (Å²) in [4.78, 5) is 4.26. The first-order valence-corrected chi connectivity index (χ1v) is 4.56. The summed E-state index contributed by atoms with van der Waals surface area (Å²) in [5.74, 6) is 0.875. The van der Waals surface area contributed by atoms with Crippen molar-refractivity contribution in [1.82, 2.24) is 4.98 Å². The van der Waals surface area contributed by atoms with Crippen molar-refractivity contribution in [3.63, 3.8) is 0 Å². The third-order valence-electron chi connectivity index (χ3n) is 1.94. The summed E-state index contributed by atoms with van der Waals surface area (Å²) in [6, 6.07) is 3.82. The highest BCUT2D eigenvalue weighted by Gasteiger charge is 2.01. The molecule has 13 heavy (non-hydrogen) atoms. The number of aryl methyl sites for hydroxylation is 1. The molecule has 0 amide bonds. The molecule has 3 nitrogen and oxygen atoms in total. The second-order valence-corrected chi connectivity index (χ2v) is 2.90. The molecule has 0 aromatic carbocycles. The molecule has 1 rings (SSSR count). The lowest BCUT2D eigenvalue weighted by Gasteiger charge is -2.05. The van der Waals surface area contributed by atoms with Crippen molar-refractivity contribution in [3.8, 4) is 5.75 Å². The van der Waals surface area contributed by atoms with Crippen LogP contribution in [0.2, 0.25) is 0 Å². The van der Waals surface area contributed by atoms with Gasteiger partial charge >= 0.3 is 0 Å². The minimum atomic E-state index is 0.745. The van der Waals surface area contributed by atoms with Gasteiger partial charge in [-0.1, -0.05) is 0 Å². The maximum absolute atomic E-state index is 5.41. The molecule has 0 atom stereocenters. The average Bonchev–Trinajstić information content (AvgIpc) is 2.19. The number of ether oxygens (including phenoxy) is 1. The highest BCUT2D eigenvalue weighted by Crippen LogP contribution is 2.16. The van der Waals surface area contributed by atoms with E-state index < -0.39 is 0 Å². The summed E-state index contributed by atoms with van der Waals surface area (Å²) in [5.41, 5.74) is 6.44. The van der Waals surface area contributed by atoms with E-state index in [0.29, 0.717) is 0 Å². The van der Waals surface area contributed by atoms with Gasteiger partial charge in [-0.15, -0.1) is 0 Å². The van der Waals surface area contributed by atoms with Crippen LogP contribution in [0.5, 0.6) is 5.75 Å². The van der Waals surface area contributed by atoms with Crippen LogP contribution >= 0.6 is 0 Å². The fraction of sp³-hybridized carbons (Fsp3) is 0.500. The lowest BCUT2D eigenvalue weighted by atomic mass is 10.1. The Morgan fingerprint density at radius 1 is 1.46 bits per heavy atom. The predicted molar refractivity (Wildman–Crippen MR) is 52.8 cm³/mol. The quantitative estimate of drug-likeness (QED) is 0.696. The van der Waals surface area contributed by atoms with E-state index in [-0.39, 0.29) is 0 Å². The van der Waals surface area contributed by atoms with E-state index in [1.807, 2.05) is 12.1 Å². The van der Waals surface area contributed by atoms with Crippen LogP contribution in [-0.2, 0) is 6.42 Å². The van der Waals surface area contributed by atoms with Gasteiger partial charge in [-0.3, -0.25) is 4.98 Å². The Morgan fingerprint density at radius 2 is 2.31 bits per heavy atom. The highest BCUT2D eigenvalue weighted by atomic mass is 16.5. The summed E-state index contributed by atoms with van der Waals surface area (Å²) >= 11 is 0. The van der Waals surface area contributed by atoms with Crippen LogP contribution in [0.15, 0.2) is 18.3 Å². The van der Waals surface area contributed by atoms with Crippen LogP contribution < -0.4 is 10.5 Å². The molecule has 0 saturated heterocycles. The zero-order valence-electron chi connectivity index (χ0n) is 7.99. The van der Waals surface area contributed by atoms with Gasteiger partial charge in [0.05, 0.1) is 12.8 Å².